The standard InChI is InChI=1S/C23H18N4O2S/c28-22-21-18-10-4-5-11-19(18)24-20(13-12-17-9-6-14-29-17)27(21)26-23(25-22)30-15-16-7-2-1-3-8-16/h1-14,20H,15H2,(H,25,26,28)/b13-12+/t20-/m1/s1. The van der Waals surface area contributed by atoms with E-state index in [1.165, 1.54) is 11.8 Å². The topological polar surface area (TPSA) is 70.2 Å². The Kier molecular flexibility index (Phi) is 4.94. The molecule has 2 aliphatic rings. The van der Waals surface area contributed by atoms with E-state index >= 15 is 0 Å². The Morgan fingerprint density at radius 3 is 2.73 bits per heavy atom. The molecule has 6 nitrogen and oxygen atoms in total. The zero-order valence-electron chi connectivity index (χ0n) is 15.9. The van der Waals surface area contributed by atoms with Gasteiger partial charge in [-0.2, -0.15) is 0 Å². The van der Waals surface area contributed by atoms with Crippen LogP contribution >= 0.6 is 11.8 Å². The number of hydrazone groups is 1. The average Bonchev–Trinajstić information content (AvgIpc) is 3.30. The number of amides is 1. The smallest absolute Gasteiger partial charge is 0.276 e. The summed E-state index contributed by atoms with van der Waals surface area (Å²) in [6.45, 7) is 0. The van der Waals surface area contributed by atoms with Crippen LogP contribution in [0.15, 0.2) is 93.6 Å². The first kappa shape index (κ1) is 18.4. The maximum absolute atomic E-state index is 13.0. The minimum atomic E-state index is -0.446. The van der Waals surface area contributed by atoms with Crippen LogP contribution < -0.4 is 15.9 Å². The first-order valence-electron chi connectivity index (χ1n) is 9.53. The number of carbonyl (C=O) groups excluding carboxylic acids is 1. The zero-order valence-corrected chi connectivity index (χ0v) is 16.8. The molecule has 0 fully saturated rings. The number of thioether (sulfide) groups is 1. The van der Waals surface area contributed by atoms with Crippen molar-refractivity contribution in [2.45, 2.75) is 11.9 Å². The average molecular weight is 414 g/mol. The van der Waals surface area contributed by atoms with Gasteiger partial charge in [0.05, 0.1) is 11.6 Å². The molecular formula is C23H18N4O2S. The van der Waals surface area contributed by atoms with E-state index in [0.29, 0.717) is 16.6 Å². The maximum atomic E-state index is 13.0. The summed E-state index contributed by atoms with van der Waals surface area (Å²) >= 11 is 1.49. The van der Waals surface area contributed by atoms with Crippen molar-refractivity contribution in [3.63, 3.8) is 0 Å². The number of benzene rings is 2. The Labute approximate surface area is 177 Å². The Morgan fingerprint density at radius 1 is 1.07 bits per heavy atom. The van der Waals surface area contributed by atoms with Crippen LogP contribution in [0.1, 0.15) is 11.3 Å². The molecule has 148 valence electrons. The van der Waals surface area contributed by atoms with Gasteiger partial charge in [-0.05, 0) is 35.9 Å². The monoisotopic (exact) mass is 414 g/mol. The van der Waals surface area contributed by atoms with E-state index in [1.54, 1.807) is 11.3 Å². The number of hydrogen-bond donors (Lipinski definition) is 1. The first-order chi connectivity index (χ1) is 14.8. The lowest BCUT2D eigenvalue weighted by molar-refractivity contribution is -0.116. The summed E-state index contributed by atoms with van der Waals surface area (Å²) in [5, 5.41) is 11.4. The molecule has 0 bridgehead atoms. The third kappa shape index (κ3) is 3.67. The SMILES string of the molecule is O=C1NC(SCc2ccccc2)=NN2C1=c1ccccc1=N[C@H]2/C=C/c1ccco1. The number of fused-ring (bicyclic) bond motifs is 2. The predicted octanol–water partition coefficient (Wildman–Crippen LogP) is 2.70. The van der Waals surface area contributed by atoms with Gasteiger partial charge in [-0.15, -0.1) is 5.10 Å². The van der Waals surface area contributed by atoms with Gasteiger partial charge in [-0.1, -0.05) is 60.3 Å². The lowest BCUT2D eigenvalue weighted by Gasteiger charge is -2.32. The maximum Gasteiger partial charge on any atom is 0.276 e. The molecule has 30 heavy (non-hydrogen) atoms. The van der Waals surface area contributed by atoms with Crippen molar-refractivity contribution in [1.82, 2.24) is 10.3 Å². The van der Waals surface area contributed by atoms with Crippen molar-refractivity contribution in [3.05, 3.63) is 101 Å². The second kappa shape index (κ2) is 8.04. The largest absolute Gasteiger partial charge is 0.465 e. The van der Waals surface area contributed by atoms with Crippen LogP contribution in [0.5, 0.6) is 0 Å². The fourth-order valence-corrected chi connectivity index (χ4v) is 4.14. The fourth-order valence-electron chi connectivity index (χ4n) is 3.34. The van der Waals surface area contributed by atoms with Gasteiger partial charge in [0.2, 0.25) is 0 Å². The number of rotatable bonds is 4. The van der Waals surface area contributed by atoms with Crippen LogP contribution in [0.3, 0.4) is 0 Å². The summed E-state index contributed by atoms with van der Waals surface area (Å²) < 4.78 is 5.39. The molecule has 3 heterocycles. The number of carbonyl (C=O) groups is 1. The molecule has 2 aliphatic heterocycles. The molecule has 7 heteroatoms. The molecule has 2 aromatic carbocycles. The third-order valence-corrected chi connectivity index (χ3v) is 5.67. The lowest BCUT2D eigenvalue weighted by atomic mass is 10.1. The molecule has 0 saturated heterocycles. The number of nitrogens with one attached hydrogen (secondary N) is 1. The highest BCUT2D eigenvalue weighted by atomic mass is 32.2. The van der Waals surface area contributed by atoms with E-state index in [1.807, 2.05) is 66.7 Å². The molecule has 0 saturated carbocycles. The van der Waals surface area contributed by atoms with Crippen molar-refractivity contribution < 1.29 is 9.21 Å². The molecule has 0 spiro atoms. The van der Waals surface area contributed by atoms with Gasteiger partial charge in [-0.25, -0.2) is 5.01 Å². The van der Waals surface area contributed by atoms with E-state index in [0.717, 1.165) is 21.9 Å². The summed E-state index contributed by atoms with van der Waals surface area (Å²) in [7, 11) is 0. The van der Waals surface area contributed by atoms with Gasteiger partial charge >= 0.3 is 0 Å². The van der Waals surface area contributed by atoms with Gasteiger partial charge < -0.3 is 4.42 Å². The van der Waals surface area contributed by atoms with Crippen LogP contribution in [0.25, 0.3) is 11.8 Å². The van der Waals surface area contributed by atoms with E-state index in [2.05, 4.69) is 17.4 Å². The zero-order chi connectivity index (χ0) is 20.3. The van der Waals surface area contributed by atoms with Crippen molar-refractivity contribution in [1.29, 1.82) is 0 Å². The van der Waals surface area contributed by atoms with Crippen LogP contribution in [-0.4, -0.2) is 22.2 Å². The predicted molar refractivity (Wildman–Crippen MR) is 117 cm³/mol. The summed E-state index contributed by atoms with van der Waals surface area (Å²) in [5.74, 6) is 1.25. The summed E-state index contributed by atoms with van der Waals surface area (Å²) in [6.07, 6.45) is 4.91. The van der Waals surface area contributed by atoms with E-state index in [9.17, 15) is 4.79 Å². The number of para-hydroxylation sites is 1. The minimum Gasteiger partial charge on any atom is -0.465 e. The molecule has 0 aliphatic carbocycles. The normalized spacial score (nSPS) is 17.8. The van der Waals surface area contributed by atoms with E-state index in [4.69, 9.17) is 14.5 Å². The van der Waals surface area contributed by atoms with Gasteiger partial charge in [-0.3, -0.25) is 15.1 Å². The van der Waals surface area contributed by atoms with E-state index in [-0.39, 0.29) is 5.91 Å². The molecule has 3 aromatic rings. The Balaban J connectivity index is 1.51. The minimum absolute atomic E-state index is 0.181. The lowest BCUT2D eigenvalue weighted by Crippen LogP contribution is -2.52. The van der Waals surface area contributed by atoms with Gasteiger partial charge in [0.25, 0.3) is 5.91 Å². The van der Waals surface area contributed by atoms with Crippen LogP contribution in [0.4, 0.5) is 0 Å². The van der Waals surface area contributed by atoms with Gasteiger partial charge in [0.1, 0.15) is 11.5 Å². The molecule has 0 unspecified atom stereocenters. The van der Waals surface area contributed by atoms with Crippen molar-refractivity contribution >= 4 is 34.6 Å². The Bertz CT molecular complexity index is 1250. The van der Waals surface area contributed by atoms with Gasteiger partial charge in [0.15, 0.2) is 11.3 Å². The van der Waals surface area contributed by atoms with Crippen LogP contribution in [-0.2, 0) is 10.5 Å². The Morgan fingerprint density at radius 2 is 1.90 bits per heavy atom. The van der Waals surface area contributed by atoms with Crippen molar-refractivity contribution in [2.75, 3.05) is 0 Å². The van der Waals surface area contributed by atoms with E-state index < -0.39 is 6.17 Å². The number of hydrogen-bond acceptors (Lipinski definition) is 6. The summed E-state index contributed by atoms with van der Waals surface area (Å²) in [6, 6.07) is 21.4. The molecule has 0 radical (unpaired) electrons. The Hall–Kier alpha value is -3.58. The summed E-state index contributed by atoms with van der Waals surface area (Å²) in [5.41, 5.74) is 1.66. The summed E-state index contributed by atoms with van der Waals surface area (Å²) in [4.78, 5) is 17.8. The quantitative estimate of drug-likeness (QED) is 0.713. The highest BCUT2D eigenvalue weighted by molar-refractivity contribution is 8.13. The molecule has 5 rings (SSSR count). The molecule has 1 atom stereocenters. The van der Waals surface area contributed by atoms with Gasteiger partial charge in [0, 0.05) is 11.0 Å². The molecular weight excluding hydrogens is 396 g/mol. The number of amidine groups is 1. The second-order valence-electron chi connectivity index (χ2n) is 6.76. The second-order valence-corrected chi connectivity index (χ2v) is 7.73. The third-order valence-electron chi connectivity index (χ3n) is 4.74. The number of furan rings is 1. The molecule has 1 amide bonds. The number of nitrogens with zero attached hydrogens (tertiary/aromatic N) is 3. The fraction of sp³-hybridized carbons (Fsp3) is 0.0870. The molecule has 1 N–H and O–H groups in total. The first-order valence-corrected chi connectivity index (χ1v) is 10.5. The molecule has 1 aromatic heterocycles. The highest BCUT2D eigenvalue weighted by Gasteiger charge is 2.32. The van der Waals surface area contributed by atoms with Crippen molar-refractivity contribution in [3.8, 4) is 0 Å². The van der Waals surface area contributed by atoms with Crippen LogP contribution in [0, 0.1) is 0 Å². The highest BCUT2D eigenvalue weighted by Crippen LogP contribution is 2.23. The van der Waals surface area contributed by atoms with Crippen LogP contribution in [0.2, 0.25) is 0 Å². The van der Waals surface area contributed by atoms with Crippen molar-refractivity contribution in [2.24, 2.45) is 10.1 Å².